The Morgan fingerprint density at radius 1 is 0.972 bits per heavy atom. The van der Waals surface area contributed by atoms with Gasteiger partial charge in [-0.2, -0.15) is 0 Å². The number of amides is 2. The van der Waals surface area contributed by atoms with Crippen LogP contribution in [0.1, 0.15) is 64.0 Å². The van der Waals surface area contributed by atoms with Crippen LogP contribution in [0.4, 0.5) is 0 Å². The second kappa shape index (κ2) is 13.7. The zero-order chi connectivity index (χ0) is 25.9. The molecule has 1 N–H and O–H groups in total. The molecule has 0 spiro atoms. The van der Waals surface area contributed by atoms with Gasteiger partial charge in [0.1, 0.15) is 5.75 Å². The maximum atomic E-state index is 13.6. The Balaban J connectivity index is 1.73. The van der Waals surface area contributed by atoms with Crippen molar-refractivity contribution >= 4 is 22.7 Å². The number of methoxy groups -OCH3 is 1. The van der Waals surface area contributed by atoms with E-state index in [0.717, 1.165) is 48.9 Å². The molecule has 0 saturated carbocycles. The van der Waals surface area contributed by atoms with E-state index < -0.39 is 0 Å². The molecule has 0 aliphatic rings. The van der Waals surface area contributed by atoms with Gasteiger partial charge < -0.3 is 19.5 Å². The minimum absolute atomic E-state index is 0.0240. The van der Waals surface area contributed by atoms with Gasteiger partial charge in [-0.25, -0.2) is 0 Å². The fraction of sp³-hybridized carbons (Fsp3) is 0.467. The fourth-order valence-corrected chi connectivity index (χ4v) is 4.49. The van der Waals surface area contributed by atoms with E-state index >= 15 is 0 Å². The number of carbonyl (C=O) groups is 2. The van der Waals surface area contributed by atoms with E-state index in [1.54, 1.807) is 12.0 Å². The standard InChI is InChI=1S/C30H41N3O3/c1-5-6-7-8-13-29(34)33(23(2)3)22-30(35)32(21-24-14-16-26(36-4)17-15-24)19-18-25-20-31-28-12-10-9-11-27(25)28/h9-12,14-17,20,23,31H,5-8,13,18-19,21-22H2,1-4H3. The first-order valence-corrected chi connectivity index (χ1v) is 13.2. The largest absolute Gasteiger partial charge is 0.497 e. The van der Waals surface area contributed by atoms with Crippen LogP contribution in [-0.2, 0) is 22.6 Å². The van der Waals surface area contributed by atoms with Gasteiger partial charge in [0.2, 0.25) is 11.8 Å². The van der Waals surface area contributed by atoms with E-state index in [0.29, 0.717) is 19.5 Å². The maximum Gasteiger partial charge on any atom is 0.242 e. The Morgan fingerprint density at radius 3 is 2.42 bits per heavy atom. The summed E-state index contributed by atoms with van der Waals surface area (Å²) in [5.41, 5.74) is 3.32. The highest BCUT2D eigenvalue weighted by molar-refractivity contribution is 5.85. The average Bonchev–Trinajstić information content (AvgIpc) is 3.30. The van der Waals surface area contributed by atoms with Gasteiger partial charge in [0.05, 0.1) is 13.7 Å². The summed E-state index contributed by atoms with van der Waals surface area (Å²) < 4.78 is 5.28. The minimum Gasteiger partial charge on any atom is -0.497 e. The first-order chi connectivity index (χ1) is 17.4. The number of H-pyrrole nitrogens is 1. The van der Waals surface area contributed by atoms with Crippen molar-refractivity contribution in [2.24, 2.45) is 0 Å². The number of fused-ring (bicyclic) bond motifs is 1. The summed E-state index contributed by atoms with van der Waals surface area (Å²) >= 11 is 0. The Kier molecular flexibility index (Phi) is 10.4. The Hall–Kier alpha value is -3.28. The molecule has 3 rings (SSSR count). The molecule has 6 nitrogen and oxygen atoms in total. The fourth-order valence-electron chi connectivity index (χ4n) is 4.49. The van der Waals surface area contributed by atoms with Crippen molar-refractivity contribution < 1.29 is 14.3 Å². The van der Waals surface area contributed by atoms with Crippen molar-refractivity contribution in [1.82, 2.24) is 14.8 Å². The van der Waals surface area contributed by atoms with E-state index in [-0.39, 0.29) is 24.4 Å². The molecule has 36 heavy (non-hydrogen) atoms. The number of unbranched alkanes of at least 4 members (excludes halogenated alkanes) is 3. The summed E-state index contributed by atoms with van der Waals surface area (Å²) in [7, 11) is 1.64. The van der Waals surface area contributed by atoms with Gasteiger partial charge >= 0.3 is 0 Å². The number of aromatic amines is 1. The average molecular weight is 492 g/mol. The van der Waals surface area contributed by atoms with Crippen LogP contribution >= 0.6 is 0 Å². The summed E-state index contributed by atoms with van der Waals surface area (Å²) in [5, 5.41) is 1.18. The molecule has 0 atom stereocenters. The molecule has 0 aliphatic carbocycles. The predicted octanol–water partition coefficient (Wildman–Crippen LogP) is 5.96. The molecule has 1 aromatic heterocycles. The van der Waals surface area contributed by atoms with Crippen molar-refractivity contribution in [3.63, 3.8) is 0 Å². The molecular formula is C30H41N3O3. The molecular weight excluding hydrogens is 450 g/mol. The number of para-hydroxylation sites is 1. The first-order valence-electron chi connectivity index (χ1n) is 13.2. The third-order valence-corrected chi connectivity index (χ3v) is 6.70. The summed E-state index contributed by atoms with van der Waals surface area (Å²) in [6, 6.07) is 16.0. The van der Waals surface area contributed by atoms with Gasteiger partial charge in [0.15, 0.2) is 0 Å². The van der Waals surface area contributed by atoms with Gasteiger partial charge in [-0.3, -0.25) is 9.59 Å². The molecule has 194 valence electrons. The second-order valence-electron chi connectivity index (χ2n) is 9.70. The summed E-state index contributed by atoms with van der Waals surface area (Å²) in [5.74, 6) is 0.826. The lowest BCUT2D eigenvalue weighted by molar-refractivity contribution is -0.142. The van der Waals surface area contributed by atoms with Crippen molar-refractivity contribution in [1.29, 1.82) is 0 Å². The van der Waals surface area contributed by atoms with Gasteiger partial charge in [-0.1, -0.05) is 56.5 Å². The zero-order valence-corrected chi connectivity index (χ0v) is 22.3. The number of carbonyl (C=O) groups excluding carboxylic acids is 2. The Labute approximate surface area is 215 Å². The second-order valence-corrected chi connectivity index (χ2v) is 9.70. The molecule has 3 aromatic rings. The number of hydrogen-bond donors (Lipinski definition) is 1. The van der Waals surface area contributed by atoms with Crippen LogP contribution in [-0.4, -0.2) is 52.8 Å². The van der Waals surface area contributed by atoms with Gasteiger partial charge in [0, 0.05) is 42.7 Å². The van der Waals surface area contributed by atoms with Crippen LogP contribution in [0.3, 0.4) is 0 Å². The highest BCUT2D eigenvalue weighted by Gasteiger charge is 2.23. The van der Waals surface area contributed by atoms with E-state index in [9.17, 15) is 9.59 Å². The molecule has 0 unspecified atom stereocenters. The lowest BCUT2D eigenvalue weighted by Gasteiger charge is -2.30. The number of ether oxygens (including phenoxy) is 1. The highest BCUT2D eigenvalue weighted by atomic mass is 16.5. The van der Waals surface area contributed by atoms with Crippen LogP contribution in [0.15, 0.2) is 54.7 Å². The lowest BCUT2D eigenvalue weighted by atomic mass is 10.1. The van der Waals surface area contributed by atoms with Gasteiger partial charge in [0.25, 0.3) is 0 Å². The number of rotatable bonds is 14. The number of hydrogen-bond acceptors (Lipinski definition) is 3. The molecule has 0 bridgehead atoms. The molecule has 0 fully saturated rings. The van der Waals surface area contributed by atoms with Crippen LogP contribution in [0.2, 0.25) is 0 Å². The number of benzene rings is 2. The molecule has 2 amide bonds. The topological polar surface area (TPSA) is 65.6 Å². The van der Waals surface area contributed by atoms with Crippen molar-refractivity contribution in [3.05, 3.63) is 65.9 Å². The summed E-state index contributed by atoms with van der Waals surface area (Å²) in [4.78, 5) is 33.5. The van der Waals surface area contributed by atoms with E-state index in [2.05, 4.69) is 24.0 Å². The predicted molar refractivity (Wildman–Crippen MR) is 146 cm³/mol. The third-order valence-electron chi connectivity index (χ3n) is 6.70. The van der Waals surface area contributed by atoms with Crippen LogP contribution in [0.5, 0.6) is 5.75 Å². The smallest absolute Gasteiger partial charge is 0.242 e. The number of nitrogens with zero attached hydrogens (tertiary/aromatic N) is 2. The molecule has 6 heteroatoms. The zero-order valence-electron chi connectivity index (χ0n) is 22.3. The minimum atomic E-state index is -0.0266. The van der Waals surface area contributed by atoms with Crippen molar-refractivity contribution in [2.75, 3.05) is 20.2 Å². The lowest BCUT2D eigenvalue weighted by Crippen LogP contribution is -2.46. The van der Waals surface area contributed by atoms with Crippen LogP contribution in [0, 0.1) is 0 Å². The number of aromatic nitrogens is 1. The molecule has 2 aromatic carbocycles. The molecule has 1 heterocycles. The van der Waals surface area contributed by atoms with E-state index in [1.165, 1.54) is 10.9 Å². The van der Waals surface area contributed by atoms with Crippen molar-refractivity contribution in [3.8, 4) is 5.75 Å². The van der Waals surface area contributed by atoms with Crippen LogP contribution < -0.4 is 4.74 Å². The molecule has 0 saturated heterocycles. The monoisotopic (exact) mass is 491 g/mol. The molecule has 0 radical (unpaired) electrons. The summed E-state index contributed by atoms with van der Waals surface area (Å²) in [6.45, 7) is 7.29. The van der Waals surface area contributed by atoms with E-state index in [1.807, 2.05) is 61.3 Å². The maximum absolute atomic E-state index is 13.6. The Bertz CT molecular complexity index is 1100. The third kappa shape index (κ3) is 7.61. The van der Waals surface area contributed by atoms with Gasteiger partial charge in [-0.15, -0.1) is 0 Å². The first kappa shape index (κ1) is 27.3. The Morgan fingerprint density at radius 2 is 1.72 bits per heavy atom. The van der Waals surface area contributed by atoms with Crippen LogP contribution in [0.25, 0.3) is 10.9 Å². The number of nitrogens with one attached hydrogen (secondary N) is 1. The summed E-state index contributed by atoms with van der Waals surface area (Å²) in [6.07, 6.45) is 7.46. The SMILES string of the molecule is CCCCCCC(=O)N(CC(=O)N(CCc1c[nH]c2ccccc12)Cc1ccc(OC)cc1)C(C)C. The quantitative estimate of drug-likeness (QED) is 0.283. The highest BCUT2D eigenvalue weighted by Crippen LogP contribution is 2.20. The van der Waals surface area contributed by atoms with Gasteiger partial charge in [-0.05, 0) is 56.0 Å². The normalized spacial score (nSPS) is 11.1. The molecule has 0 aliphatic heterocycles. The van der Waals surface area contributed by atoms with E-state index in [4.69, 9.17) is 4.74 Å². The van der Waals surface area contributed by atoms with Crippen molar-refractivity contribution in [2.45, 2.75) is 71.9 Å².